The van der Waals surface area contributed by atoms with Crippen molar-refractivity contribution in [3.05, 3.63) is 16.1 Å². The summed E-state index contributed by atoms with van der Waals surface area (Å²) in [4.78, 5) is 31.1. The summed E-state index contributed by atoms with van der Waals surface area (Å²) in [5, 5.41) is 6.03. The summed E-state index contributed by atoms with van der Waals surface area (Å²) in [6, 6.07) is -0.119. The molecule has 2 fully saturated rings. The molecule has 2 heterocycles. The smallest absolute Gasteiger partial charge is 0.225 e. The molecule has 5 nitrogen and oxygen atoms in total. The highest BCUT2D eigenvalue weighted by Gasteiger charge is 2.37. The quantitative estimate of drug-likeness (QED) is 0.889. The lowest BCUT2D eigenvalue weighted by Crippen LogP contribution is -2.35. The number of nitrogens with one attached hydrogen (secondary N) is 1. The van der Waals surface area contributed by atoms with Crippen molar-refractivity contribution in [1.82, 2.24) is 15.2 Å². The number of aromatic nitrogens is 1. The summed E-state index contributed by atoms with van der Waals surface area (Å²) < 4.78 is 0. The molecule has 1 aliphatic heterocycles. The molecule has 1 aliphatic carbocycles. The average Bonchev–Trinajstić information content (AvgIpc) is 3.01. The van der Waals surface area contributed by atoms with Crippen LogP contribution in [-0.2, 0) is 15.0 Å². The van der Waals surface area contributed by atoms with E-state index in [-0.39, 0.29) is 29.2 Å². The fourth-order valence-corrected chi connectivity index (χ4v) is 4.01. The van der Waals surface area contributed by atoms with Crippen LogP contribution < -0.4 is 5.32 Å². The van der Waals surface area contributed by atoms with Crippen LogP contribution in [0.5, 0.6) is 0 Å². The number of amides is 2. The van der Waals surface area contributed by atoms with Gasteiger partial charge in [-0.25, -0.2) is 4.98 Å². The zero-order chi connectivity index (χ0) is 17.5. The van der Waals surface area contributed by atoms with E-state index in [0.29, 0.717) is 18.9 Å². The third-order valence-electron chi connectivity index (χ3n) is 4.78. The number of carbonyl (C=O) groups is 2. The van der Waals surface area contributed by atoms with E-state index in [1.165, 1.54) is 12.8 Å². The van der Waals surface area contributed by atoms with Gasteiger partial charge < -0.3 is 10.2 Å². The van der Waals surface area contributed by atoms with Crippen molar-refractivity contribution >= 4 is 23.2 Å². The van der Waals surface area contributed by atoms with Crippen LogP contribution >= 0.6 is 11.3 Å². The van der Waals surface area contributed by atoms with Crippen LogP contribution in [-0.4, -0.2) is 34.8 Å². The highest BCUT2D eigenvalue weighted by atomic mass is 32.1. The summed E-state index contributed by atoms with van der Waals surface area (Å²) in [6.07, 6.45) is 2.78. The Kier molecular flexibility index (Phi) is 4.69. The van der Waals surface area contributed by atoms with Crippen molar-refractivity contribution in [2.75, 3.05) is 13.1 Å². The maximum atomic E-state index is 12.5. The van der Waals surface area contributed by atoms with E-state index >= 15 is 0 Å². The highest BCUT2D eigenvalue weighted by Crippen LogP contribution is 2.32. The second-order valence-corrected chi connectivity index (χ2v) is 9.08. The lowest BCUT2D eigenvalue weighted by molar-refractivity contribution is -0.129. The summed E-state index contributed by atoms with van der Waals surface area (Å²) in [7, 11) is 0. The van der Waals surface area contributed by atoms with E-state index in [9.17, 15) is 9.59 Å². The summed E-state index contributed by atoms with van der Waals surface area (Å²) in [5.41, 5.74) is 1.06. The third-order valence-corrected chi connectivity index (χ3v) is 5.81. The molecule has 6 heteroatoms. The van der Waals surface area contributed by atoms with Gasteiger partial charge in [0.05, 0.1) is 17.7 Å². The van der Waals surface area contributed by atoms with Crippen LogP contribution in [0.15, 0.2) is 5.38 Å². The molecule has 1 aromatic heterocycles. The van der Waals surface area contributed by atoms with Crippen molar-refractivity contribution in [3.63, 3.8) is 0 Å². The standard InChI is InChI=1S/C18H27N3O2S/c1-11(17-20-14(10-24-17)18(2,3)4)19-16(23)13-7-15(22)21(9-13)8-12-5-6-12/h10-13H,5-9H2,1-4H3,(H,19,23). The lowest BCUT2D eigenvalue weighted by atomic mass is 9.93. The van der Waals surface area contributed by atoms with E-state index in [0.717, 1.165) is 17.2 Å². The zero-order valence-electron chi connectivity index (χ0n) is 15.0. The van der Waals surface area contributed by atoms with Crippen molar-refractivity contribution < 1.29 is 9.59 Å². The molecule has 0 bridgehead atoms. The Hall–Kier alpha value is -1.43. The van der Waals surface area contributed by atoms with Crippen LogP contribution in [0.2, 0.25) is 0 Å². The van der Waals surface area contributed by atoms with Gasteiger partial charge in [0.2, 0.25) is 11.8 Å². The molecule has 2 unspecified atom stereocenters. The Morgan fingerprint density at radius 3 is 2.75 bits per heavy atom. The summed E-state index contributed by atoms with van der Waals surface area (Å²) in [5.74, 6) is 0.544. The fraction of sp³-hybridized carbons (Fsp3) is 0.722. The van der Waals surface area contributed by atoms with Crippen LogP contribution in [0.4, 0.5) is 0 Å². The van der Waals surface area contributed by atoms with Gasteiger partial charge in [0.1, 0.15) is 5.01 Å². The Morgan fingerprint density at radius 2 is 2.17 bits per heavy atom. The first-order valence-electron chi connectivity index (χ1n) is 8.78. The number of hydrogen-bond acceptors (Lipinski definition) is 4. The number of likely N-dealkylation sites (tertiary alicyclic amines) is 1. The zero-order valence-corrected chi connectivity index (χ0v) is 15.8. The van der Waals surface area contributed by atoms with Crippen molar-refractivity contribution in [2.45, 2.75) is 58.4 Å². The van der Waals surface area contributed by atoms with Gasteiger partial charge in [-0.1, -0.05) is 20.8 Å². The van der Waals surface area contributed by atoms with Crippen LogP contribution in [0.25, 0.3) is 0 Å². The predicted molar refractivity (Wildman–Crippen MR) is 94.8 cm³/mol. The SMILES string of the molecule is CC(NC(=O)C1CC(=O)N(CC2CC2)C1)c1nc(C(C)(C)C)cs1. The van der Waals surface area contributed by atoms with E-state index in [4.69, 9.17) is 0 Å². The fourth-order valence-electron chi connectivity index (χ4n) is 2.96. The minimum absolute atomic E-state index is 0.0136. The monoisotopic (exact) mass is 349 g/mol. The van der Waals surface area contributed by atoms with Gasteiger partial charge in [-0.3, -0.25) is 9.59 Å². The van der Waals surface area contributed by atoms with Crippen LogP contribution in [0.3, 0.4) is 0 Å². The normalized spacial score (nSPS) is 22.8. The maximum Gasteiger partial charge on any atom is 0.225 e. The Bertz CT molecular complexity index is 630. The summed E-state index contributed by atoms with van der Waals surface area (Å²) >= 11 is 1.58. The number of hydrogen-bond donors (Lipinski definition) is 1. The molecule has 3 rings (SSSR count). The first kappa shape index (κ1) is 17.4. The molecule has 1 saturated heterocycles. The van der Waals surface area contributed by atoms with Gasteiger partial charge in [0.15, 0.2) is 0 Å². The largest absolute Gasteiger partial charge is 0.347 e. The molecule has 2 atom stereocenters. The van der Waals surface area contributed by atoms with E-state index in [2.05, 4.69) is 36.5 Å². The topological polar surface area (TPSA) is 62.3 Å². The molecule has 1 saturated carbocycles. The van der Waals surface area contributed by atoms with Gasteiger partial charge in [-0.2, -0.15) is 0 Å². The Labute approximate surface area is 147 Å². The lowest BCUT2D eigenvalue weighted by Gasteiger charge is -2.18. The molecule has 132 valence electrons. The third kappa shape index (κ3) is 3.97. The predicted octanol–water partition coefficient (Wildman–Crippen LogP) is 2.88. The molecule has 2 aliphatic rings. The Morgan fingerprint density at radius 1 is 1.46 bits per heavy atom. The van der Waals surface area contributed by atoms with Crippen LogP contribution in [0, 0.1) is 11.8 Å². The van der Waals surface area contributed by atoms with Crippen molar-refractivity contribution in [2.24, 2.45) is 11.8 Å². The van der Waals surface area contributed by atoms with Gasteiger partial charge in [0.25, 0.3) is 0 Å². The molecule has 0 radical (unpaired) electrons. The molecule has 1 aromatic rings. The first-order chi connectivity index (χ1) is 11.2. The number of carbonyl (C=O) groups excluding carboxylic acids is 2. The Balaban J connectivity index is 1.56. The number of nitrogens with zero attached hydrogens (tertiary/aromatic N) is 2. The van der Waals surface area contributed by atoms with E-state index in [1.807, 2.05) is 11.8 Å². The minimum atomic E-state index is -0.222. The molecule has 1 N–H and O–H groups in total. The van der Waals surface area contributed by atoms with Gasteiger partial charge >= 0.3 is 0 Å². The molecule has 24 heavy (non-hydrogen) atoms. The number of thiazole rings is 1. The second-order valence-electron chi connectivity index (χ2n) is 8.19. The molecular weight excluding hydrogens is 322 g/mol. The van der Waals surface area contributed by atoms with Crippen LogP contribution in [0.1, 0.15) is 63.7 Å². The van der Waals surface area contributed by atoms with E-state index < -0.39 is 0 Å². The van der Waals surface area contributed by atoms with Gasteiger partial charge in [-0.15, -0.1) is 11.3 Å². The molecule has 0 aromatic carbocycles. The maximum absolute atomic E-state index is 12.5. The number of rotatable bonds is 5. The van der Waals surface area contributed by atoms with Crippen molar-refractivity contribution in [1.29, 1.82) is 0 Å². The highest BCUT2D eigenvalue weighted by molar-refractivity contribution is 7.09. The van der Waals surface area contributed by atoms with Gasteiger partial charge in [-0.05, 0) is 25.7 Å². The van der Waals surface area contributed by atoms with Crippen molar-refractivity contribution in [3.8, 4) is 0 Å². The second kappa shape index (κ2) is 6.47. The molecule has 0 spiro atoms. The summed E-state index contributed by atoms with van der Waals surface area (Å²) in [6.45, 7) is 9.76. The molecule has 2 amide bonds. The molecular formula is C18H27N3O2S. The van der Waals surface area contributed by atoms with E-state index in [1.54, 1.807) is 11.3 Å². The minimum Gasteiger partial charge on any atom is -0.347 e. The van der Waals surface area contributed by atoms with Gasteiger partial charge in [0, 0.05) is 30.3 Å². The first-order valence-corrected chi connectivity index (χ1v) is 9.66. The average molecular weight is 350 g/mol.